The molecule has 1 aromatic carbocycles. The van der Waals surface area contributed by atoms with E-state index >= 15 is 0 Å². The lowest BCUT2D eigenvalue weighted by Crippen LogP contribution is -1.79. The summed E-state index contributed by atoms with van der Waals surface area (Å²) in [5.74, 6) is 55.5. The zero-order valence-electron chi connectivity index (χ0n) is 45.3. The van der Waals surface area contributed by atoms with Crippen LogP contribution >= 0.6 is 107 Å². The van der Waals surface area contributed by atoms with E-state index in [1.165, 1.54) is 44.5 Å². The van der Waals surface area contributed by atoms with Crippen molar-refractivity contribution >= 4 is 107 Å². The van der Waals surface area contributed by atoms with Crippen LogP contribution in [0.25, 0.3) is 0 Å². The molecule has 79 heavy (non-hydrogen) atoms. The standard InChI is InChI=1S/C70H53BrS8/c1-9-47-37-38-72-63(47)30-22-56-40-49(11-3)65(74-56)32-24-58-42-51(13-5)67(76-58)34-26-60-44-53(15-7)69(78-60)36-28-62-45-54(16-8)70(79-62)35-27-61-43-52(14-6)68(77-61)33-25-59-41-50(12-4)66(75-59)31-23-57-39-48(10-2)64(73-57)29-19-46-17-20-55(71)21-18-46/h17-18,20-21,37-45H,9-16H2,1-8H3. The molecular formula is C70H53BrS8. The second-order valence-electron chi connectivity index (χ2n) is 17.9. The summed E-state index contributed by atoms with van der Waals surface area (Å²) in [6, 6.07) is 25.7. The number of rotatable bonds is 8. The van der Waals surface area contributed by atoms with Crippen LogP contribution in [0.1, 0.15) is 179 Å². The third kappa shape index (κ3) is 14.8. The van der Waals surface area contributed by atoms with Gasteiger partial charge in [0.25, 0.3) is 0 Å². The first-order valence-electron chi connectivity index (χ1n) is 26.5. The van der Waals surface area contributed by atoms with Crippen LogP contribution in [0.15, 0.2) is 82.6 Å². The third-order valence-corrected chi connectivity index (χ3v) is 21.2. The SMILES string of the molecule is CCc1ccsc1C#Cc1cc(CC)c(C#Cc2cc(CC)c(C#Cc3cc(CC)c(C#Cc4cc(CC)c(C#Cc5cc(CC)c(C#Cc6cc(CC)c(C#Cc7cc(CC)c(C#Cc8ccc(Br)cc8)s7)s6)s5)s4)s3)s2)s1. The van der Waals surface area contributed by atoms with Crippen molar-refractivity contribution < 1.29 is 0 Å². The van der Waals surface area contributed by atoms with Crippen LogP contribution in [-0.4, -0.2) is 0 Å². The van der Waals surface area contributed by atoms with Crippen LogP contribution in [0, 0.1) is 94.7 Å². The monoisotopic (exact) mass is 1230 g/mol. The Kier molecular flexibility index (Phi) is 20.2. The lowest BCUT2D eigenvalue weighted by atomic mass is 10.1. The van der Waals surface area contributed by atoms with E-state index in [0.29, 0.717) is 0 Å². The lowest BCUT2D eigenvalue weighted by molar-refractivity contribution is 1.15. The highest BCUT2D eigenvalue weighted by molar-refractivity contribution is 9.10. The van der Waals surface area contributed by atoms with Crippen molar-refractivity contribution in [2.75, 3.05) is 0 Å². The van der Waals surface area contributed by atoms with Crippen LogP contribution in [-0.2, 0) is 51.4 Å². The Bertz CT molecular complexity index is 4240. The summed E-state index contributed by atoms with van der Waals surface area (Å²) < 4.78 is 1.05. The van der Waals surface area contributed by atoms with Gasteiger partial charge in [-0.3, -0.25) is 0 Å². The topological polar surface area (TPSA) is 0 Å². The summed E-state index contributed by atoms with van der Waals surface area (Å²) in [6.45, 7) is 17.5. The molecule has 0 nitrogen and oxygen atoms in total. The van der Waals surface area contributed by atoms with Gasteiger partial charge in [-0.05, 0) is 257 Å². The summed E-state index contributed by atoms with van der Waals surface area (Å²) >= 11 is 17.0. The van der Waals surface area contributed by atoms with Gasteiger partial charge in [0, 0.05) is 10.0 Å². The maximum absolute atomic E-state index is 3.53. The fraction of sp³-hybridized carbons (Fsp3) is 0.229. The molecule has 0 aliphatic rings. The van der Waals surface area contributed by atoms with E-state index < -0.39 is 0 Å². The lowest BCUT2D eigenvalue weighted by Gasteiger charge is -1.91. The second kappa shape index (κ2) is 27.8. The molecule has 8 aromatic heterocycles. The Balaban J connectivity index is 0.871. The highest BCUT2D eigenvalue weighted by Gasteiger charge is 2.12. The molecule has 0 saturated carbocycles. The minimum Gasteiger partial charge on any atom is -0.135 e. The Morgan fingerprint density at radius 3 is 0.734 bits per heavy atom. The molecule has 0 spiro atoms. The van der Waals surface area contributed by atoms with Crippen LogP contribution in [0.2, 0.25) is 0 Å². The fourth-order valence-corrected chi connectivity index (χ4v) is 16.0. The fourth-order valence-electron chi connectivity index (χ4n) is 8.23. The molecule has 0 atom stereocenters. The van der Waals surface area contributed by atoms with Crippen molar-refractivity contribution in [3.8, 4) is 94.7 Å². The van der Waals surface area contributed by atoms with Gasteiger partial charge in [0.1, 0.15) is 0 Å². The van der Waals surface area contributed by atoms with E-state index in [0.717, 1.165) is 135 Å². The van der Waals surface area contributed by atoms with E-state index in [-0.39, 0.29) is 0 Å². The highest BCUT2D eigenvalue weighted by Crippen LogP contribution is 2.30. The molecule has 9 aromatic rings. The van der Waals surface area contributed by atoms with E-state index in [1.807, 2.05) is 24.3 Å². The van der Waals surface area contributed by atoms with Crippen molar-refractivity contribution in [1.82, 2.24) is 0 Å². The first kappa shape index (κ1) is 57.5. The van der Waals surface area contributed by atoms with Crippen LogP contribution in [0.4, 0.5) is 0 Å². The number of hydrogen-bond acceptors (Lipinski definition) is 8. The Morgan fingerprint density at radius 2 is 0.494 bits per heavy atom. The maximum atomic E-state index is 3.53. The summed E-state index contributed by atoms with van der Waals surface area (Å²) in [6.07, 6.45) is 7.32. The van der Waals surface area contributed by atoms with Crippen molar-refractivity contribution in [3.05, 3.63) is 206 Å². The summed E-state index contributed by atoms with van der Waals surface area (Å²) in [4.78, 5) is 15.9. The normalized spacial score (nSPS) is 10.2. The Labute approximate surface area is 509 Å². The molecule has 8 heterocycles. The minimum atomic E-state index is 0.890. The van der Waals surface area contributed by atoms with Crippen LogP contribution in [0.5, 0.6) is 0 Å². The smallest absolute Gasteiger partial charge is 0.0817 e. The van der Waals surface area contributed by atoms with Gasteiger partial charge in [-0.15, -0.1) is 90.7 Å². The number of aryl methyl sites for hydroxylation is 8. The average Bonchev–Trinajstić information content (AvgIpc) is 4.37. The summed E-state index contributed by atoms with van der Waals surface area (Å²) in [7, 11) is 0. The first-order valence-corrected chi connectivity index (χ1v) is 33.8. The summed E-state index contributed by atoms with van der Waals surface area (Å²) in [5.41, 5.74) is 10.9. The molecule has 0 aliphatic carbocycles. The molecule has 0 saturated heterocycles. The van der Waals surface area contributed by atoms with Gasteiger partial charge in [0.15, 0.2) is 0 Å². The Morgan fingerprint density at radius 1 is 0.266 bits per heavy atom. The van der Waals surface area contributed by atoms with E-state index in [4.69, 9.17) is 0 Å². The second-order valence-corrected chi connectivity index (χ2v) is 27.1. The van der Waals surface area contributed by atoms with E-state index in [9.17, 15) is 0 Å². The zero-order chi connectivity index (χ0) is 55.3. The van der Waals surface area contributed by atoms with Gasteiger partial charge in [-0.2, -0.15) is 0 Å². The van der Waals surface area contributed by atoms with Gasteiger partial charge in [0.05, 0.1) is 73.2 Å². The number of benzene rings is 1. The summed E-state index contributed by atoms with van der Waals surface area (Å²) in [5, 5.41) is 2.13. The molecule has 0 aliphatic heterocycles. The van der Waals surface area contributed by atoms with Crippen LogP contribution < -0.4 is 0 Å². The molecule has 0 amide bonds. The van der Waals surface area contributed by atoms with E-state index in [2.05, 4.69) is 220 Å². The van der Waals surface area contributed by atoms with Gasteiger partial charge >= 0.3 is 0 Å². The van der Waals surface area contributed by atoms with Crippen molar-refractivity contribution in [2.45, 2.75) is 107 Å². The molecule has 0 bridgehead atoms. The average molecular weight is 1230 g/mol. The molecule has 9 rings (SSSR count). The van der Waals surface area contributed by atoms with Crippen LogP contribution in [0.3, 0.4) is 0 Å². The molecule has 388 valence electrons. The first-order chi connectivity index (χ1) is 38.6. The molecule has 0 radical (unpaired) electrons. The van der Waals surface area contributed by atoms with E-state index in [1.54, 1.807) is 90.7 Å². The molecule has 9 heteroatoms. The maximum Gasteiger partial charge on any atom is 0.0817 e. The van der Waals surface area contributed by atoms with Gasteiger partial charge < -0.3 is 0 Å². The largest absolute Gasteiger partial charge is 0.135 e. The molecule has 0 unspecified atom stereocenters. The number of hydrogen-bond donors (Lipinski definition) is 0. The van der Waals surface area contributed by atoms with Crippen molar-refractivity contribution in [1.29, 1.82) is 0 Å². The number of halogens is 1. The third-order valence-electron chi connectivity index (χ3n) is 12.7. The van der Waals surface area contributed by atoms with Gasteiger partial charge in [-0.1, -0.05) is 83.2 Å². The predicted octanol–water partition coefficient (Wildman–Crippen LogP) is 18.6. The highest BCUT2D eigenvalue weighted by atomic mass is 79.9. The van der Waals surface area contributed by atoms with Gasteiger partial charge in [-0.25, -0.2) is 0 Å². The zero-order valence-corrected chi connectivity index (χ0v) is 53.4. The quantitative estimate of drug-likeness (QED) is 0.133. The molecule has 0 fully saturated rings. The van der Waals surface area contributed by atoms with Gasteiger partial charge in [0.2, 0.25) is 0 Å². The predicted molar refractivity (Wildman–Crippen MR) is 352 cm³/mol. The van der Waals surface area contributed by atoms with Crippen molar-refractivity contribution in [3.63, 3.8) is 0 Å². The number of thiophene rings is 8. The minimum absolute atomic E-state index is 0.890. The molecular weight excluding hydrogens is 1180 g/mol. The van der Waals surface area contributed by atoms with Crippen molar-refractivity contribution in [2.24, 2.45) is 0 Å². The molecule has 0 N–H and O–H groups in total. The Hall–Kier alpha value is -6.22.